The van der Waals surface area contributed by atoms with Crippen molar-refractivity contribution in [2.45, 2.75) is 39.7 Å². The van der Waals surface area contributed by atoms with E-state index in [0.29, 0.717) is 19.5 Å². The first kappa shape index (κ1) is 16.5. The van der Waals surface area contributed by atoms with Crippen molar-refractivity contribution >= 4 is 12.1 Å². The maximum absolute atomic E-state index is 12.1. The minimum atomic E-state index is -0.708. The van der Waals surface area contributed by atoms with Crippen LogP contribution in [0.5, 0.6) is 0 Å². The molecule has 20 heavy (non-hydrogen) atoms. The molecule has 2 atom stereocenters. The zero-order valence-corrected chi connectivity index (χ0v) is 13.1. The van der Waals surface area contributed by atoms with Crippen LogP contribution in [-0.4, -0.2) is 42.8 Å². The van der Waals surface area contributed by atoms with Gasteiger partial charge in [0.25, 0.3) is 0 Å². The van der Waals surface area contributed by atoms with E-state index in [9.17, 15) is 9.59 Å². The van der Waals surface area contributed by atoms with Crippen molar-refractivity contribution in [3.63, 3.8) is 0 Å². The Labute approximate surface area is 120 Å². The fourth-order valence-corrected chi connectivity index (χ4v) is 2.52. The monoisotopic (exact) mass is 283 g/mol. The summed E-state index contributed by atoms with van der Waals surface area (Å²) in [5, 5.41) is 0. The number of amides is 1. The van der Waals surface area contributed by atoms with E-state index in [1.54, 1.807) is 11.0 Å². The number of likely N-dealkylation sites (tertiary alicyclic amines) is 1. The summed E-state index contributed by atoms with van der Waals surface area (Å²) >= 11 is 0. The molecule has 0 radical (unpaired) electrons. The Morgan fingerprint density at radius 1 is 1.45 bits per heavy atom. The molecule has 5 heteroatoms. The number of hydrogen-bond acceptors (Lipinski definition) is 4. The van der Waals surface area contributed by atoms with Gasteiger partial charge >= 0.3 is 12.1 Å². The standard InChI is InChI=1S/C15H25NO4/c1-7-8-11-9-16(13(18)20-14(2,3)4)10-15(11,5)12(17)19-6/h7,11H,1,8-10H2,2-6H3/t11-,15+/m0/s1. The zero-order chi connectivity index (χ0) is 15.6. The summed E-state index contributed by atoms with van der Waals surface area (Å²) in [5.74, 6) is -0.296. The van der Waals surface area contributed by atoms with Gasteiger partial charge < -0.3 is 14.4 Å². The molecule has 0 aromatic carbocycles. The molecule has 0 N–H and O–H groups in total. The molecule has 0 bridgehead atoms. The molecule has 1 aliphatic rings. The predicted octanol–water partition coefficient (Wildman–Crippen LogP) is 2.61. The van der Waals surface area contributed by atoms with Crippen molar-refractivity contribution in [1.82, 2.24) is 4.90 Å². The average Bonchev–Trinajstić information content (AvgIpc) is 2.66. The Morgan fingerprint density at radius 2 is 2.05 bits per heavy atom. The lowest BCUT2D eigenvalue weighted by Crippen LogP contribution is -2.39. The van der Waals surface area contributed by atoms with Gasteiger partial charge in [-0.25, -0.2) is 4.79 Å². The summed E-state index contributed by atoms with van der Waals surface area (Å²) < 4.78 is 10.3. The van der Waals surface area contributed by atoms with Gasteiger partial charge in [-0.2, -0.15) is 0 Å². The highest BCUT2D eigenvalue weighted by molar-refractivity contribution is 5.79. The third-order valence-corrected chi connectivity index (χ3v) is 3.62. The van der Waals surface area contributed by atoms with Crippen molar-refractivity contribution < 1.29 is 19.1 Å². The van der Waals surface area contributed by atoms with Gasteiger partial charge in [0.15, 0.2) is 0 Å². The van der Waals surface area contributed by atoms with Gasteiger partial charge in [-0.05, 0) is 40.0 Å². The SMILES string of the molecule is C=CC[C@H]1CN(C(=O)OC(C)(C)C)C[C@@]1(C)C(=O)OC. The number of nitrogens with zero attached hydrogens (tertiary/aromatic N) is 1. The maximum atomic E-state index is 12.1. The maximum Gasteiger partial charge on any atom is 0.410 e. The van der Waals surface area contributed by atoms with E-state index in [1.165, 1.54) is 7.11 Å². The summed E-state index contributed by atoms with van der Waals surface area (Å²) in [5.41, 5.74) is -1.25. The molecule has 0 aliphatic carbocycles. The summed E-state index contributed by atoms with van der Waals surface area (Å²) in [7, 11) is 1.37. The third kappa shape index (κ3) is 3.52. The van der Waals surface area contributed by atoms with Crippen LogP contribution in [0, 0.1) is 11.3 Å². The van der Waals surface area contributed by atoms with Crippen molar-refractivity contribution in [1.29, 1.82) is 0 Å². The van der Waals surface area contributed by atoms with Gasteiger partial charge in [0.1, 0.15) is 5.60 Å². The molecule has 0 unspecified atom stereocenters. The van der Waals surface area contributed by atoms with Crippen LogP contribution in [0.4, 0.5) is 4.79 Å². The summed E-state index contributed by atoms with van der Waals surface area (Å²) in [6, 6.07) is 0. The lowest BCUT2D eigenvalue weighted by atomic mass is 9.78. The van der Waals surface area contributed by atoms with E-state index >= 15 is 0 Å². The van der Waals surface area contributed by atoms with Crippen LogP contribution < -0.4 is 0 Å². The highest BCUT2D eigenvalue weighted by atomic mass is 16.6. The summed E-state index contributed by atoms with van der Waals surface area (Å²) in [4.78, 5) is 25.8. The fraction of sp³-hybridized carbons (Fsp3) is 0.733. The Balaban J connectivity index is 2.88. The Hall–Kier alpha value is -1.52. The summed E-state index contributed by atoms with van der Waals surface area (Å²) in [6.07, 6.45) is 2.04. The molecule has 5 nitrogen and oxygen atoms in total. The highest BCUT2D eigenvalue weighted by Crippen LogP contribution is 2.39. The van der Waals surface area contributed by atoms with Crippen molar-refractivity contribution in [2.75, 3.05) is 20.2 Å². The largest absolute Gasteiger partial charge is 0.469 e. The van der Waals surface area contributed by atoms with E-state index in [0.717, 1.165) is 0 Å². The Morgan fingerprint density at radius 3 is 2.50 bits per heavy atom. The summed E-state index contributed by atoms with van der Waals surface area (Å²) in [6.45, 7) is 11.8. The molecule has 0 aromatic heterocycles. The molecule has 0 aromatic rings. The molecule has 1 saturated heterocycles. The molecule has 1 rings (SSSR count). The van der Waals surface area contributed by atoms with Crippen LogP contribution in [0.3, 0.4) is 0 Å². The van der Waals surface area contributed by atoms with E-state index in [2.05, 4.69) is 6.58 Å². The van der Waals surface area contributed by atoms with Gasteiger partial charge in [-0.1, -0.05) is 6.08 Å². The predicted molar refractivity (Wildman–Crippen MR) is 76.2 cm³/mol. The van der Waals surface area contributed by atoms with Crippen LogP contribution in [0.1, 0.15) is 34.1 Å². The second-order valence-electron chi connectivity index (χ2n) is 6.49. The minimum Gasteiger partial charge on any atom is -0.469 e. The van der Waals surface area contributed by atoms with Crippen LogP contribution >= 0.6 is 0 Å². The van der Waals surface area contributed by atoms with Crippen LogP contribution in [0.25, 0.3) is 0 Å². The van der Waals surface area contributed by atoms with E-state index in [1.807, 2.05) is 27.7 Å². The number of hydrogen-bond donors (Lipinski definition) is 0. The number of ether oxygens (including phenoxy) is 2. The first-order valence-corrected chi connectivity index (χ1v) is 6.81. The molecule has 1 fully saturated rings. The van der Waals surface area contributed by atoms with Crippen LogP contribution in [0.15, 0.2) is 12.7 Å². The first-order chi connectivity index (χ1) is 9.14. The minimum absolute atomic E-state index is 0.0000293. The van der Waals surface area contributed by atoms with Crippen molar-refractivity contribution in [2.24, 2.45) is 11.3 Å². The Kier molecular flexibility index (Phi) is 4.84. The Bertz CT molecular complexity index is 399. The van der Waals surface area contributed by atoms with Gasteiger partial charge in [0.2, 0.25) is 0 Å². The van der Waals surface area contributed by atoms with Crippen LogP contribution in [0.2, 0.25) is 0 Å². The lowest BCUT2D eigenvalue weighted by molar-refractivity contribution is -0.153. The van der Waals surface area contributed by atoms with Gasteiger partial charge in [0.05, 0.1) is 12.5 Å². The van der Waals surface area contributed by atoms with Gasteiger partial charge in [-0.3, -0.25) is 4.79 Å². The molecular weight excluding hydrogens is 258 g/mol. The fourth-order valence-electron chi connectivity index (χ4n) is 2.52. The van der Waals surface area contributed by atoms with Crippen molar-refractivity contribution in [3.8, 4) is 0 Å². The van der Waals surface area contributed by atoms with Gasteiger partial charge in [-0.15, -0.1) is 6.58 Å². The smallest absolute Gasteiger partial charge is 0.410 e. The number of carbonyl (C=O) groups is 2. The molecular formula is C15H25NO4. The van der Waals surface area contributed by atoms with Crippen molar-refractivity contribution in [3.05, 3.63) is 12.7 Å². The van der Waals surface area contributed by atoms with E-state index in [4.69, 9.17) is 9.47 Å². The highest BCUT2D eigenvalue weighted by Gasteiger charge is 2.50. The normalized spacial score (nSPS) is 26.2. The molecule has 1 heterocycles. The topological polar surface area (TPSA) is 55.8 Å². The number of carbonyl (C=O) groups excluding carboxylic acids is 2. The average molecular weight is 283 g/mol. The molecule has 1 amide bonds. The number of rotatable bonds is 3. The second-order valence-corrected chi connectivity index (χ2v) is 6.49. The number of allylic oxidation sites excluding steroid dienone is 1. The quantitative estimate of drug-likeness (QED) is 0.590. The van der Waals surface area contributed by atoms with E-state index < -0.39 is 11.0 Å². The van der Waals surface area contributed by atoms with Crippen LogP contribution in [-0.2, 0) is 14.3 Å². The number of esters is 1. The van der Waals surface area contributed by atoms with Gasteiger partial charge in [0, 0.05) is 13.1 Å². The molecule has 0 spiro atoms. The lowest BCUT2D eigenvalue weighted by Gasteiger charge is -2.27. The number of methoxy groups -OCH3 is 1. The second kappa shape index (κ2) is 5.85. The molecule has 114 valence electrons. The first-order valence-electron chi connectivity index (χ1n) is 6.81. The molecule has 0 saturated carbocycles. The molecule has 1 aliphatic heterocycles. The third-order valence-electron chi connectivity index (χ3n) is 3.62. The zero-order valence-electron chi connectivity index (χ0n) is 13.1. The van der Waals surface area contributed by atoms with E-state index in [-0.39, 0.29) is 18.0 Å².